The smallest absolute Gasteiger partial charge is 0.253 e. The third-order valence-electron chi connectivity index (χ3n) is 9.47. The topological polar surface area (TPSA) is 80.4 Å². The molecule has 1 aliphatic heterocycles. The highest BCUT2D eigenvalue weighted by atomic mass is 19.3. The molecule has 2 N–H and O–H groups in total. The lowest BCUT2D eigenvalue weighted by Gasteiger charge is -2.38. The molecule has 8 nitrogen and oxygen atoms in total. The van der Waals surface area contributed by atoms with Gasteiger partial charge in [-0.25, -0.2) is 18.7 Å². The summed E-state index contributed by atoms with van der Waals surface area (Å²) in [7, 11) is 2.14. The normalized spacial score (nSPS) is 17.5. The number of alkyl halides is 2. The summed E-state index contributed by atoms with van der Waals surface area (Å²) >= 11 is 0. The Morgan fingerprint density at radius 1 is 1.00 bits per heavy atom. The van der Waals surface area contributed by atoms with E-state index in [1.54, 1.807) is 6.20 Å². The van der Waals surface area contributed by atoms with Crippen molar-refractivity contribution in [1.82, 2.24) is 19.9 Å². The average Bonchev–Trinajstić information content (AvgIpc) is 3.02. The van der Waals surface area contributed by atoms with E-state index in [0.717, 1.165) is 70.8 Å². The standard InChI is InChI=1S/C35H43F2N7O/c1-5-44(27-8-11-35(36,37)12-9-27)31-20-26(25-6-7-32(39-21-25)43-16-14-42(4)15-17-43)19-29-28(31)10-13-38-33(29)40-22-30-23(2)18-24(3)41-34(30)45/h6-7,10,13,18-21,27H,5,8-9,11-12,14-17,22H2,1-4H3,(H,38,40)(H,41,45). The molecule has 1 aromatic carbocycles. The van der Waals surface area contributed by atoms with Crippen molar-refractivity contribution in [3.05, 3.63) is 76.0 Å². The Balaban J connectivity index is 1.40. The van der Waals surface area contributed by atoms with Crippen LogP contribution in [0.2, 0.25) is 0 Å². The van der Waals surface area contributed by atoms with Gasteiger partial charge in [-0.3, -0.25) is 4.79 Å². The van der Waals surface area contributed by atoms with Crippen molar-refractivity contribution in [2.45, 2.75) is 65.0 Å². The monoisotopic (exact) mass is 615 g/mol. The van der Waals surface area contributed by atoms with Crippen LogP contribution in [0.5, 0.6) is 0 Å². The van der Waals surface area contributed by atoms with Crippen LogP contribution in [0.4, 0.5) is 26.1 Å². The first kappa shape index (κ1) is 31.0. The van der Waals surface area contributed by atoms with Crippen LogP contribution in [-0.2, 0) is 6.54 Å². The number of likely N-dealkylation sites (N-methyl/N-ethyl adjacent to an activating group) is 1. The molecule has 0 spiro atoms. The van der Waals surface area contributed by atoms with Gasteiger partial charge >= 0.3 is 0 Å². The van der Waals surface area contributed by atoms with E-state index >= 15 is 0 Å². The average molecular weight is 616 g/mol. The molecule has 45 heavy (non-hydrogen) atoms. The lowest BCUT2D eigenvalue weighted by molar-refractivity contribution is -0.0380. The van der Waals surface area contributed by atoms with Crippen LogP contribution in [0.15, 0.2) is 53.6 Å². The number of aromatic nitrogens is 3. The number of nitrogens with zero attached hydrogens (tertiary/aromatic N) is 5. The largest absolute Gasteiger partial charge is 0.368 e. The number of nitrogens with one attached hydrogen (secondary N) is 2. The lowest BCUT2D eigenvalue weighted by atomic mass is 9.90. The molecule has 3 aromatic heterocycles. The fourth-order valence-corrected chi connectivity index (χ4v) is 6.82. The molecule has 6 rings (SSSR count). The van der Waals surface area contributed by atoms with E-state index in [1.807, 2.05) is 32.2 Å². The number of piperazine rings is 1. The molecule has 10 heteroatoms. The molecule has 0 atom stereocenters. The summed E-state index contributed by atoms with van der Waals surface area (Å²) in [6, 6.07) is 12.5. The first-order valence-corrected chi connectivity index (χ1v) is 16.0. The Labute approximate surface area is 263 Å². The van der Waals surface area contributed by atoms with Crippen LogP contribution < -0.4 is 20.7 Å². The van der Waals surface area contributed by atoms with E-state index in [2.05, 4.69) is 63.2 Å². The second-order valence-corrected chi connectivity index (χ2v) is 12.6. The molecule has 2 aliphatic rings. The third-order valence-corrected chi connectivity index (χ3v) is 9.47. The van der Waals surface area contributed by atoms with Gasteiger partial charge in [0, 0.05) is 104 Å². The summed E-state index contributed by atoms with van der Waals surface area (Å²) in [4.78, 5) is 32.1. The van der Waals surface area contributed by atoms with Gasteiger partial charge in [-0.15, -0.1) is 0 Å². The molecule has 4 aromatic rings. The van der Waals surface area contributed by atoms with Crippen LogP contribution in [0.25, 0.3) is 21.9 Å². The molecule has 1 aliphatic carbocycles. The summed E-state index contributed by atoms with van der Waals surface area (Å²) in [6.45, 7) is 10.8. The van der Waals surface area contributed by atoms with Gasteiger partial charge in [-0.05, 0) is 88.2 Å². The van der Waals surface area contributed by atoms with Crippen molar-refractivity contribution in [3.63, 3.8) is 0 Å². The van der Waals surface area contributed by atoms with E-state index in [9.17, 15) is 13.6 Å². The third kappa shape index (κ3) is 6.66. The van der Waals surface area contributed by atoms with Crippen molar-refractivity contribution >= 4 is 28.1 Å². The number of anilines is 3. The number of aryl methyl sites for hydroxylation is 2. The molecule has 238 valence electrons. The molecule has 4 heterocycles. The zero-order valence-corrected chi connectivity index (χ0v) is 26.7. The second-order valence-electron chi connectivity index (χ2n) is 12.6. The maximum atomic E-state index is 14.2. The quantitative estimate of drug-likeness (QED) is 0.239. The SMILES string of the molecule is CCN(c1cc(-c2ccc(N3CCN(C)CC3)nc2)cc2c(NCc3c(C)cc(C)[nH]c3=O)nccc12)C1CCC(F)(F)CC1. The lowest BCUT2D eigenvalue weighted by Crippen LogP contribution is -2.44. The maximum Gasteiger partial charge on any atom is 0.253 e. The number of hydrogen-bond acceptors (Lipinski definition) is 7. The van der Waals surface area contributed by atoms with Crippen molar-refractivity contribution in [3.8, 4) is 11.1 Å². The number of halogens is 2. The second kappa shape index (κ2) is 12.7. The Hall–Kier alpha value is -4.05. The predicted octanol–water partition coefficient (Wildman–Crippen LogP) is 6.37. The van der Waals surface area contributed by atoms with Gasteiger partial charge in [0.15, 0.2) is 0 Å². The molecule has 0 amide bonds. The number of hydrogen-bond donors (Lipinski definition) is 2. The highest BCUT2D eigenvalue weighted by Gasteiger charge is 2.37. The molecule has 0 radical (unpaired) electrons. The molecular weight excluding hydrogens is 572 g/mol. The minimum absolute atomic E-state index is 0.0177. The van der Waals surface area contributed by atoms with Crippen molar-refractivity contribution < 1.29 is 8.78 Å². The van der Waals surface area contributed by atoms with Gasteiger partial charge in [0.2, 0.25) is 5.92 Å². The first-order valence-electron chi connectivity index (χ1n) is 16.0. The van der Waals surface area contributed by atoms with Crippen molar-refractivity contribution in [2.75, 3.05) is 54.9 Å². The minimum Gasteiger partial charge on any atom is -0.368 e. The Kier molecular flexibility index (Phi) is 8.77. The van der Waals surface area contributed by atoms with Gasteiger partial charge < -0.3 is 25.0 Å². The minimum atomic E-state index is -2.59. The van der Waals surface area contributed by atoms with Crippen LogP contribution >= 0.6 is 0 Å². The van der Waals surface area contributed by atoms with Gasteiger partial charge in [-0.2, -0.15) is 0 Å². The van der Waals surface area contributed by atoms with Crippen molar-refractivity contribution in [1.29, 1.82) is 0 Å². The van der Waals surface area contributed by atoms with E-state index < -0.39 is 5.92 Å². The van der Waals surface area contributed by atoms with Crippen LogP contribution in [-0.4, -0.2) is 71.6 Å². The number of benzene rings is 1. The molecule has 0 unspecified atom stereocenters. The summed E-state index contributed by atoms with van der Waals surface area (Å²) in [5, 5.41) is 5.34. The maximum absolute atomic E-state index is 14.2. The van der Waals surface area contributed by atoms with Gasteiger partial charge in [0.05, 0.1) is 0 Å². The van der Waals surface area contributed by atoms with E-state index in [0.29, 0.717) is 37.3 Å². The van der Waals surface area contributed by atoms with Crippen LogP contribution in [0, 0.1) is 13.8 Å². The van der Waals surface area contributed by atoms with Crippen LogP contribution in [0.3, 0.4) is 0 Å². The zero-order chi connectivity index (χ0) is 31.7. The predicted molar refractivity (Wildman–Crippen MR) is 179 cm³/mol. The number of aromatic amines is 1. The fraction of sp³-hybridized carbons (Fsp3) is 0.457. The Morgan fingerprint density at radius 3 is 2.42 bits per heavy atom. The summed E-state index contributed by atoms with van der Waals surface area (Å²) < 4.78 is 28.3. The highest BCUT2D eigenvalue weighted by molar-refractivity contribution is 6.03. The van der Waals surface area contributed by atoms with E-state index in [-0.39, 0.29) is 24.4 Å². The van der Waals surface area contributed by atoms with Crippen molar-refractivity contribution in [2.24, 2.45) is 0 Å². The Bertz CT molecular complexity index is 1700. The van der Waals surface area contributed by atoms with E-state index in [1.165, 1.54) is 0 Å². The van der Waals surface area contributed by atoms with Gasteiger partial charge in [0.1, 0.15) is 11.6 Å². The molecule has 1 saturated heterocycles. The number of fused-ring (bicyclic) bond motifs is 1. The van der Waals surface area contributed by atoms with E-state index in [4.69, 9.17) is 9.97 Å². The van der Waals surface area contributed by atoms with Gasteiger partial charge in [0.25, 0.3) is 5.56 Å². The molecule has 1 saturated carbocycles. The van der Waals surface area contributed by atoms with Crippen LogP contribution in [0.1, 0.15) is 49.4 Å². The summed E-state index contributed by atoms with van der Waals surface area (Å²) in [5.74, 6) is -0.957. The highest BCUT2D eigenvalue weighted by Crippen LogP contribution is 2.41. The first-order chi connectivity index (χ1) is 21.6. The molecule has 2 fully saturated rings. The number of H-pyrrole nitrogens is 1. The van der Waals surface area contributed by atoms with Gasteiger partial charge in [-0.1, -0.05) is 0 Å². The molecule has 0 bridgehead atoms. The Morgan fingerprint density at radius 2 is 1.76 bits per heavy atom. The number of pyridine rings is 3. The number of rotatable bonds is 8. The summed E-state index contributed by atoms with van der Waals surface area (Å²) in [5.41, 5.74) is 5.25. The summed E-state index contributed by atoms with van der Waals surface area (Å²) in [6.07, 6.45) is 4.40. The molecular formula is C35H43F2N7O. The fourth-order valence-electron chi connectivity index (χ4n) is 6.82. The zero-order valence-electron chi connectivity index (χ0n) is 26.7.